The molecule has 0 saturated carbocycles. The molecule has 2 aromatic heterocycles. The number of benzene rings is 2. The minimum Gasteiger partial charge on any atom is -0.508 e. The fraction of sp³-hybridized carbons (Fsp3) is 0.545. The molecule has 0 spiro atoms. The fourth-order valence-electron chi connectivity index (χ4n) is 12.8. The van der Waals surface area contributed by atoms with Gasteiger partial charge in [0.25, 0.3) is 17.4 Å². The first kappa shape index (κ1) is 96.2. The number of likely N-dealkylation sites (N-methyl/N-ethyl adjacent to an activating group) is 1. The summed E-state index contributed by atoms with van der Waals surface area (Å²) >= 11 is 1.45. The van der Waals surface area contributed by atoms with Crippen LogP contribution in [0.1, 0.15) is 153 Å². The van der Waals surface area contributed by atoms with E-state index in [1.165, 1.54) is 42.2 Å². The lowest BCUT2D eigenvalue weighted by molar-refractivity contribution is -0.149. The number of nitrogen functional groups attached to an aromatic ring is 1. The summed E-state index contributed by atoms with van der Waals surface area (Å²) in [5, 5.41) is 62.1. The van der Waals surface area contributed by atoms with Gasteiger partial charge in [-0.2, -0.15) is 4.98 Å². The second kappa shape index (κ2) is 48.9. The van der Waals surface area contributed by atoms with Gasteiger partial charge in [0.05, 0.1) is 30.9 Å². The topological polar surface area (TPSA) is 572 Å². The molecular weight excluding hydrogens is 1590 g/mol. The number of nitrogens with two attached hydrogens (primary N) is 2. The number of carbonyl (C=O) groups excluding carboxylic acids is 10. The summed E-state index contributed by atoms with van der Waals surface area (Å²) in [7, 11) is 5.36. The van der Waals surface area contributed by atoms with Crippen LogP contribution in [0.4, 0.5) is 16.4 Å². The molecule has 0 bridgehead atoms. The Morgan fingerprint density at radius 1 is 0.797 bits per heavy atom. The van der Waals surface area contributed by atoms with Crippen molar-refractivity contribution in [3.8, 4) is 5.75 Å². The Morgan fingerprint density at radius 2 is 1.51 bits per heavy atom. The summed E-state index contributed by atoms with van der Waals surface area (Å²) in [6.45, 7) is 12.4. The van der Waals surface area contributed by atoms with Crippen molar-refractivity contribution in [1.82, 2.24) is 77.8 Å². The van der Waals surface area contributed by atoms with Crippen LogP contribution in [0, 0.1) is 17.8 Å². The number of allylic oxidation sites excluding steroid dienone is 2. The van der Waals surface area contributed by atoms with Crippen molar-refractivity contribution in [2.24, 2.45) is 23.5 Å². The number of H-pyrrole nitrogens is 1. The standard InChI is InChI=1S/C77H110N18O20S3/c1-9-43(4)61(88-70(105)57-15-10-11-31-94(57)7)73(108)95(41-114-8)56(42(2)3)27-28-58-44(5)17-20-48(39-116-58)67(102)84-50(35-46-18-25-52(96)26-19-46)34-45(6)65(100)92-93-77(113)115-32-33-117-118-40-55(74(109)110)87-72(107)63(75(111)112)89-68(103)53(14-12-29-78)86-69(104)54(36-60(98)99)85-59(97)16-13-30-80-66(101)47-21-23-49(24-22-47)81-37-51-38-82-64-62(83-51)71(106)91-76(79)90-64/h18-19,21-26,38-39,42-43,45,50,53-57,61,63,81,96H,9-17,20,27-37,40-41,78H2,1-8H3,(H,80,101)(H,84,102)(H,85,97)(H,86,104)(H,87,107)(H,88,105)(H,89,103)(H,92,100)(H,93,113)(H,98,99)(H,109,110)(H,111,112)(H3,79,82,90,91,106). The first-order valence-electron chi connectivity index (χ1n) is 38.8. The lowest BCUT2D eigenvalue weighted by Crippen LogP contribution is -2.60. The van der Waals surface area contributed by atoms with Crippen LogP contribution in [0.3, 0.4) is 0 Å². The molecule has 41 heteroatoms. The number of phenolic OH excluding ortho intramolecular Hbond substituents is 1. The zero-order chi connectivity index (χ0) is 86.7. The Hall–Kier alpha value is -10.6. The van der Waals surface area contributed by atoms with Gasteiger partial charge >= 0.3 is 24.0 Å². The highest BCUT2D eigenvalue weighted by molar-refractivity contribution is 8.76. The summed E-state index contributed by atoms with van der Waals surface area (Å²) in [4.78, 5) is 204. The van der Waals surface area contributed by atoms with Crippen molar-refractivity contribution in [3.05, 3.63) is 103 Å². The van der Waals surface area contributed by atoms with Crippen molar-refractivity contribution in [3.63, 3.8) is 0 Å². The average molecular weight is 1700 g/mol. The molecule has 19 N–H and O–H groups in total. The van der Waals surface area contributed by atoms with Crippen LogP contribution in [-0.4, -0.2) is 234 Å². The normalized spacial score (nSPS) is 15.9. The minimum absolute atomic E-state index is 0.00517. The number of aliphatic carboxylic acids is 3. The molecule has 0 radical (unpaired) electrons. The van der Waals surface area contributed by atoms with Crippen LogP contribution in [-0.2, 0) is 75.2 Å². The number of anilines is 2. The number of ether oxygens (including phenoxy) is 2. The van der Waals surface area contributed by atoms with E-state index in [0.717, 1.165) is 63.4 Å². The minimum atomic E-state index is -2.43. The zero-order valence-corrected chi connectivity index (χ0v) is 69.8. The molecule has 10 amide bonds. The molecule has 6 rings (SSSR count). The van der Waals surface area contributed by atoms with Gasteiger partial charge in [0.15, 0.2) is 11.2 Å². The van der Waals surface area contributed by atoms with Gasteiger partial charge in [-0.1, -0.05) is 86.8 Å². The van der Waals surface area contributed by atoms with Crippen LogP contribution >= 0.6 is 33.3 Å². The number of thioether (sulfide) groups is 1. The number of carboxylic acid groups (broad SMARTS) is 3. The third kappa shape index (κ3) is 31.3. The van der Waals surface area contributed by atoms with Gasteiger partial charge in [0.2, 0.25) is 53.3 Å². The molecule has 0 aliphatic carbocycles. The Labute approximate surface area is 694 Å². The van der Waals surface area contributed by atoms with E-state index in [9.17, 15) is 87.5 Å². The third-order valence-electron chi connectivity index (χ3n) is 19.7. The van der Waals surface area contributed by atoms with Crippen LogP contribution in [0.5, 0.6) is 5.75 Å². The maximum atomic E-state index is 14.7. The van der Waals surface area contributed by atoms with E-state index < -0.39 is 114 Å². The van der Waals surface area contributed by atoms with Gasteiger partial charge < -0.3 is 88.8 Å². The van der Waals surface area contributed by atoms with Crippen molar-refractivity contribution in [1.29, 1.82) is 0 Å². The number of carboxylic acids is 3. The lowest BCUT2D eigenvalue weighted by Gasteiger charge is -2.39. The quantitative estimate of drug-likeness (QED) is 0.00992. The summed E-state index contributed by atoms with van der Waals surface area (Å²) in [5.74, 6) is -13.0. The molecule has 10 atom stereocenters. The molecule has 4 aromatic rings. The molecule has 2 aliphatic rings. The van der Waals surface area contributed by atoms with Crippen molar-refractivity contribution >= 4 is 133 Å². The Bertz CT molecular complexity index is 4270. The molecule has 4 heterocycles. The van der Waals surface area contributed by atoms with E-state index in [2.05, 4.69) is 81.9 Å². The predicted molar refractivity (Wildman–Crippen MR) is 442 cm³/mol. The summed E-state index contributed by atoms with van der Waals surface area (Å²) in [6, 6.07) is 3.14. The number of rotatable bonds is 47. The Kier molecular flexibility index (Phi) is 39.9. The number of hydrogen-bond acceptors (Lipinski definition) is 27. The van der Waals surface area contributed by atoms with Crippen molar-refractivity contribution in [2.75, 3.05) is 69.7 Å². The van der Waals surface area contributed by atoms with E-state index in [-0.39, 0.29) is 153 Å². The molecule has 2 aliphatic heterocycles. The molecular formula is C77H110N18O20S3. The lowest BCUT2D eigenvalue weighted by atomic mass is 9.92. The third-order valence-corrected chi connectivity index (χ3v) is 23.3. The second-order valence-electron chi connectivity index (χ2n) is 29.1. The number of hydrogen-bond donors (Lipinski definition) is 17. The molecule has 118 heavy (non-hydrogen) atoms. The predicted octanol–water partition coefficient (Wildman–Crippen LogP) is 3.27. The van der Waals surface area contributed by atoms with E-state index >= 15 is 0 Å². The number of nitrogens with one attached hydrogen (secondary N) is 11. The first-order chi connectivity index (χ1) is 56.2. The maximum Gasteiger partial charge on any atom is 0.426 e. The number of piperidine rings is 1. The highest BCUT2D eigenvalue weighted by atomic mass is 33.1. The van der Waals surface area contributed by atoms with E-state index in [1.54, 1.807) is 43.2 Å². The fourth-order valence-corrected chi connectivity index (χ4v) is 15.8. The highest BCUT2D eigenvalue weighted by Gasteiger charge is 2.39. The number of fused-ring (bicyclic) bond motifs is 1. The van der Waals surface area contributed by atoms with Gasteiger partial charge in [-0.15, -0.1) is 11.8 Å². The van der Waals surface area contributed by atoms with Crippen LogP contribution < -0.4 is 70.4 Å². The van der Waals surface area contributed by atoms with Gasteiger partial charge in [-0.25, -0.2) is 29.8 Å². The zero-order valence-electron chi connectivity index (χ0n) is 67.3. The van der Waals surface area contributed by atoms with Gasteiger partial charge in [-0.05, 0) is 162 Å². The largest absolute Gasteiger partial charge is 0.508 e. The number of phenols is 1. The number of amides is 10. The van der Waals surface area contributed by atoms with E-state index in [1.807, 2.05) is 43.4 Å². The number of aromatic amines is 1. The smallest absolute Gasteiger partial charge is 0.426 e. The molecule has 1 saturated heterocycles. The number of carbonyl (C=O) groups is 13. The van der Waals surface area contributed by atoms with E-state index in [0.29, 0.717) is 49.1 Å². The molecule has 10 unspecified atom stereocenters. The SMILES string of the molecule is CCC(C)C(NC(=O)C1CCCCN1C)C(=O)N(COC)C(CCC1=C(C)CCC(C(=O)NC(Cc2ccc(O)cc2)CC(C)C(=O)NNC(=O)OCCSSCC(NC(=O)C(NC(=O)C(CCCN)NC(=O)C(CC(=O)O)NC(=O)CCCNC(=O)c2ccc(NCc3cnc4nc(N)[nH]c(=O)c4n3)cc2)C(=O)O)C(=O)O)=CS1)C(C)C. The Balaban J connectivity index is 0.925. The molecule has 1 fully saturated rings. The van der Waals surface area contributed by atoms with Crippen LogP contribution in [0.2, 0.25) is 0 Å². The average Bonchev–Trinajstić information content (AvgIpc) is 0.887. The first-order valence-corrected chi connectivity index (χ1v) is 42.2. The summed E-state index contributed by atoms with van der Waals surface area (Å²) in [6.07, 6.45) is 4.76. The monoisotopic (exact) mass is 1700 g/mol. The van der Waals surface area contributed by atoms with E-state index in [4.69, 9.17) is 20.9 Å². The van der Waals surface area contributed by atoms with Crippen molar-refractivity contribution < 1.29 is 92.2 Å². The number of likely N-dealkylation sites (tertiary alicyclic amines) is 1. The van der Waals surface area contributed by atoms with Crippen LogP contribution in [0.15, 0.2) is 81.0 Å². The number of aromatic nitrogens is 4. The number of aromatic hydroxyl groups is 1. The Morgan fingerprint density at radius 3 is 2.17 bits per heavy atom. The number of hydrazine groups is 1. The van der Waals surface area contributed by atoms with Crippen molar-refractivity contribution in [2.45, 2.75) is 193 Å². The molecule has 38 nitrogen and oxygen atoms in total. The molecule has 646 valence electrons. The summed E-state index contributed by atoms with van der Waals surface area (Å²) in [5.41, 5.74) is 18.9. The van der Waals surface area contributed by atoms with Gasteiger partial charge in [-0.3, -0.25) is 68.0 Å². The summed E-state index contributed by atoms with van der Waals surface area (Å²) < 4.78 is 10.8. The van der Waals surface area contributed by atoms with Crippen LogP contribution in [0.25, 0.3) is 11.2 Å². The molecule has 2 aromatic carbocycles. The van der Waals surface area contributed by atoms with Gasteiger partial charge in [0.1, 0.15) is 43.3 Å². The second-order valence-corrected chi connectivity index (χ2v) is 32.7. The maximum absolute atomic E-state index is 14.7. The van der Waals surface area contributed by atoms with Gasteiger partial charge in [0, 0.05) is 66.4 Å². The highest BCUT2D eigenvalue weighted by Crippen LogP contribution is 2.36. The number of methoxy groups -OCH3 is 1. The number of nitrogens with zero attached hydrogens (tertiary/aromatic N) is 5.